The number of thiocarbonyl (C=S) groups is 1. The van der Waals surface area contributed by atoms with Gasteiger partial charge >= 0.3 is 5.97 Å². The summed E-state index contributed by atoms with van der Waals surface area (Å²) in [5.74, 6) is 0.0428. The summed E-state index contributed by atoms with van der Waals surface area (Å²) in [4.78, 5) is 11.8. The highest BCUT2D eigenvalue weighted by atomic mass is 32.1. The molecular formula is C19H22N2O3S. The molecule has 25 heavy (non-hydrogen) atoms. The van der Waals surface area contributed by atoms with Crippen molar-refractivity contribution in [1.82, 2.24) is 5.32 Å². The number of hydrogen-bond donors (Lipinski definition) is 2. The van der Waals surface area contributed by atoms with Crippen LogP contribution >= 0.6 is 12.2 Å². The normalized spacial score (nSPS) is 10.1. The Morgan fingerprint density at radius 3 is 2.36 bits per heavy atom. The fraction of sp³-hybridized carbons (Fsp3) is 0.263. The number of hydrogen-bond acceptors (Lipinski definition) is 4. The van der Waals surface area contributed by atoms with Gasteiger partial charge in [-0.2, -0.15) is 0 Å². The average Bonchev–Trinajstić information content (AvgIpc) is 2.58. The van der Waals surface area contributed by atoms with Gasteiger partial charge in [-0.1, -0.05) is 12.1 Å². The first kappa shape index (κ1) is 18.7. The number of aryl methyl sites for hydroxylation is 2. The second kappa shape index (κ2) is 8.48. The summed E-state index contributed by atoms with van der Waals surface area (Å²) in [6.07, 6.45) is 0. The monoisotopic (exact) mass is 358 g/mol. The molecule has 2 aromatic carbocycles. The minimum Gasteiger partial charge on any atom is -0.496 e. The number of nitrogens with one attached hydrogen (secondary N) is 2. The van der Waals surface area contributed by atoms with E-state index < -0.39 is 5.97 Å². The van der Waals surface area contributed by atoms with Crippen LogP contribution in [0.1, 0.15) is 27.0 Å². The third-order valence-electron chi connectivity index (χ3n) is 3.60. The quantitative estimate of drug-likeness (QED) is 0.629. The van der Waals surface area contributed by atoms with E-state index in [0.29, 0.717) is 23.0 Å². The molecule has 0 saturated heterocycles. The van der Waals surface area contributed by atoms with E-state index in [1.54, 1.807) is 12.1 Å². The number of rotatable bonds is 5. The first-order chi connectivity index (χ1) is 11.9. The Balaban J connectivity index is 2.03. The summed E-state index contributed by atoms with van der Waals surface area (Å²) in [7, 11) is 2.86. The van der Waals surface area contributed by atoms with Crippen molar-refractivity contribution in [2.45, 2.75) is 20.4 Å². The van der Waals surface area contributed by atoms with Gasteiger partial charge in [0.05, 0.1) is 14.2 Å². The van der Waals surface area contributed by atoms with Crippen molar-refractivity contribution in [2.75, 3.05) is 19.5 Å². The molecule has 0 atom stereocenters. The van der Waals surface area contributed by atoms with E-state index in [1.807, 2.05) is 32.0 Å². The predicted molar refractivity (Wildman–Crippen MR) is 103 cm³/mol. The van der Waals surface area contributed by atoms with Crippen LogP contribution in [0.5, 0.6) is 5.75 Å². The Hall–Kier alpha value is -2.60. The summed E-state index contributed by atoms with van der Waals surface area (Å²) in [6, 6.07) is 11.5. The lowest BCUT2D eigenvalue weighted by Gasteiger charge is -2.13. The first-order valence-electron chi connectivity index (χ1n) is 7.81. The molecule has 0 saturated carbocycles. The summed E-state index contributed by atoms with van der Waals surface area (Å²) < 4.78 is 9.97. The van der Waals surface area contributed by atoms with Crippen molar-refractivity contribution in [1.29, 1.82) is 0 Å². The predicted octanol–water partition coefficient (Wildman–Crippen LogP) is 3.59. The maximum atomic E-state index is 11.8. The van der Waals surface area contributed by atoms with Crippen LogP contribution in [0.3, 0.4) is 0 Å². The minimum absolute atomic E-state index is 0.387. The van der Waals surface area contributed by atoms with Gasteiger partial charge in [-0.05, 0) is 67.0 Å². The molecule has 132 valence electrons. The lowest BCUT2D eigenvalue weighted by atomic mass is 10.1. The largest absolute Gasteiger partial charge is 0.496 e. The lowest BCUT2D eigenvalue weighted by Crippen LogP contribution is -2.28. The molecule has 0 spiro atoms. The standard InChI is InChI=1S/C19H22N2O3S/c1-12-7-13(2)9-15(8-12)21-19(25)20-11-14-5-6-17(23-3)16(10-14)18(22)24-4/h5-10H,11H2,1-4H3,(H2,20,21,25). The summed E-state index contributed by atoms with van der Waals surface area (Å²) in [6.45, 7) is 4.56. The number of anilines is 1. The number of esters is 1. The zero-order valence-electron chi connectivity index (χ0n) is 14.8. The summed E-state index contributed by atoms with van der Waals surface area (Å²) in [5.41, 5.74) is 4.56. The van der Waals surface area contributed by atoms with Crippen molar-refractivity contribution < 1.29 is 14.3 Å². The van der Waals surface area contributed by atoms with E-state index in [-0.39, 0.29) is 0 Å². The van der Waals surface area contributed by atoms with Crippen LogP contribution in [0.2, 0.25) is 0 Å². The van der Waals surface area contributed by atoms with Gasteiger partial charge in [0.25, 0.3) is 0 Å². The Morgan fingerprint density at radius 2 is 1.76 bits per heavy atom. The van der Waals surface area contributed by atoms with Crippen LogP contribution in [0.25, 0.3) is 0 Å². The molecule has 0 aliphatic heterocycles. The van der Waals surface area contributed by atoms with E-state index in [1.165, 1.54) is 25.3 Å². The fourth-order valence-corrected chi connectivity index (χ4v) is 2.73. The first-order valence-corrected chi connectivity index (χ1v) is 8.22. The SMILES string of the molecule is COC(=O)c1cc(CNC(=S)Nc2cc(C)cc(C)c2)ccc1OC. The van der Waals surface area contributed by atoms with E-state index in [9.17, 15) is 4.79 Å². The van der Waals surface area contributed by atoms with Crippen LogP contribution < -0.4 is 15.4 Å². The van der Waals surface area contributed by atoms with Crippen LogP contribution in [-0.2, 0) is 11.3 Å². The second-order valence-corrected chi connectivity index (χ2v) is 6.12. The highest BCUT2D eigenvalue weighted by Gasteiger charge is 2.13. The van der Waals surface area contributed by atoms with Gasteiger partial charge in [0.1, 0.15) is 11.3 Å². The van der Waals surface area contributed by atoms with Crippen LogP contribution in [0, 0.1) is 13.8 Å². The summed E-state index contributed by atoms with van der Waals surface area (Å²) in [5, 5.41) is 6.82. The molecule has 0 aliphatic carbocycles. The number of ether oxygens (including phenoxy) is 2. The number of carbonyl (C=O) groups is 1. The van der Waals surface area contributed by atoms with E-state index in [2.05, 4.69) is 16.7 Å². The molecule has 6 heteroatoms. The van der Waals surface area contributed by atoms with Crippen molar-refractivity contribution in [3.63, 3.8) is 0 Å². The van der Waals surface area contributed by atoms with Crippen molar-refractivity contribution in [2.24, 2.45) is 0 Å². The highest BCUT2D eigenvalue weighted by Crippen LogP contribution is 2.21. The lowest BCUT2D eigenvalue weighted by molar-refractivity contribution is 0.0597. The molecule has 0 aliphatic rings. The maximum absolute atomic E-state index is 11.8. The van der Waals surface area contributed by atoms with Crippen LogP contribution in [-0.4, -0.2) is 25.3 Å². The Kier molecular flexibility index (Phi) is 6.36. The van der Waals surface area contributed by atoms with Crippen molar-refractivity contribution in [3.05, 3.63) is 58.7 Å². The van der Waals surface area contributed by atoms with Crippen LogP contribution in [0.15, 0.2) is 36.4 Å². The number of carbonyl (C=O) groups excluding carboxylic acids is 1. The van der Waals surface area contributed by atoms with Crippen molar-refractivity contribution in [3.8, 4) is 5.75 Å². The molecule has 2 rings (SSSR count). The molecular weight excluding hydrogens is 336 g/mol. The van der Waals surface area contributed by atoms with Gasteiger partial charge in [0.2, 0.25) is 0 Å². The Morgan fingerprint density at radius 1 is 1.08 bits per heavy atom. The number of methoxy groups -OCH3 is 2. The average molecular weight is 358 g/mol. The Labute approximate surface area is 153 Å². The van der Waals surface area contributed by atoms with Gasteiger partial charge in [-0.25, -0.2) is 4.79 Å². The van der Waals surface area contributed by atoms with Gasteiger partial charge in [-0.15, -0.1) is 0 Å². The van der Waals surface area contributed by atoms with E-state index >= 15 is 0 Å². The highest BCUT2D eigenvalue weighted by molar-refractivity contribution is 7.80. The molecule has 2 aromatic rings. The van der Waals surface area contributed by atoms with Gasteiger partial charge in [-0.3, -0.25) is 0 Å². The Bertz CT molecular complexity index is 770. The van der Waals surface area contributed by atoms with Crippen LogP contribution in [0.4, 0.5) is 5.69 Å². The molecule has 0 unspecified atom stereocenters. The molecule has 0 aromatic heterocycles. The molecule has 2 N–H and O–H groups in total. The van der Waals surface area contributed by atoms with E-state index in [0.717, 1.165) is 11.3 Å². The van der Waals surface area contributed by atoms with Gasteiger partial charge in [0, 0.05) is 12.2 Å². The molecule has 0 heterocycles. The minimum atomic E-state index is -0.436. The van der Waals surface area contributed by atoms with Gasteiger partial charge < -0.3 is 20.1 Å². The summed E-state index contributed by atoms with van der Waals surface area (Å²) >= 11 is 5.34. The van der Waals surface area contributed by atoms with E-state index in [4.69, 9.17) is 21.7 Å². The zero-order valence-corrected chi connectivity index (χ0v) is 15.6. The molecule has 5 nitrogen and oxygen atoms in total. The number of benzene rings is 2. The molecule has 0 radical (unpaired) electrons. The smallest absolute Gasteiger partial charge is 0.341 e. The molecule has 0 amide bonds. The topological polar surface area (TPSA) is 59.6 Å². The fourth-order valence-electron chi connectivity index (χ4n) is 2.54. The van der Waals surface area contributed by atoms with Gasteiger partial charge in [0.15, 0.2) is 5.11 Å². The maximum Gasteiger partial charge on any atom is 0.341 e. The van der Waals surface area contributed by atoms with Crippen molar-refractivity contribution >= 4 is 29.0 Å². The molecule has 0 bridgehead atoms. The second-order valence-electron chi connectivity index (χ2n) is 5.71. The third kappa shape index (κ3) is 5.19. The molecule has 0 fully saturated rings. The zero-order chi connectivity index (χ0) is 18.4. The third-order valence-corrected chi connectivity index (χ3v) is 3.85.